The summed E-state index contributed by atoms with van der Waals surface area (Å²) in [4.78, 5) is 11.4. The molecule has 4 nitrogen and oxygen atoms in total. The molecule has 1 aromatic rings. The third kappa shape index (κ3) is 3.08. The van der Waals surface area contributed by atoms with Crippen LogP contribution in [0.2, 0.25) is 0 Å². The number of nitrogens with one attached hydrogen (secondary N) is 1. The Kier molecular flexibility index (Phi) is 4.55. The normalized spacial score (nSPS) is 10.1. The quantitative estimate of drug-likeness (QED) is 0.570. The highest BCUT2D eigenvalue weighted by Gasteiger charge is 2.09. The fourth-order valence-electron chi connectivity index (χ4n) is 0.920. The van der Waals surface area contributed by atoms with Crippen molar-refractivity contribution in [3.8, 4) is 0 Å². The summed E-state index contributed by atoms with van der Waals surface area (Å²) in [5.41, 5.74) is 0. The van der Waals surface area contributed by atoms with Gasteiger partial charge in [-0.15, -0.1) is 0 Å². The van der Waals surface area contributed by atoms with Crippen molar-refractivity contribution in [3.05, 3.63) is 17.9 Å². The van der Waals surface area contributed by atoms with Gasteiger partial charge in [0.1, 0.15) is 0 Å². The van der Waals surface area contributed by atoms with Crippen molar-refractivity contribution in [2.24, 2.45) is 0 Å². The second-order valence-electron chi connectivity index (χ2n) is 2.66. The highest BCUT2D eigenvalue weighted by atomic mass is 32.2. The lowest BCUT2D eigenvalue weighted by Crippen LogP contribution is -2.24. The number of rotatable bonds is 5. The van der Waals surface area contributed by atoms with E-state index in [-0.39, 0.29) is 12.5 Å². The molecule has 0 aliphatic heterocycles. The molecule has 1 aromatic heterocycles. The summed E-state index contributed by atoms with van der Waals surface area (Å²) >= 11 is 1.45. The van der Waals surface area contributed by atoms with Gasteiger partial charge in [0.2, 0.25) is 0 Å². The molecule has 0 fully saturated rings. The van der Waals surface area contributed by atoms with Gasteiger partial charge in [-0.25, -0.2) is 0 Å². The van der Waals surface area contributed by atoms with Gasteiger partial charge in [0, 0.05) is 13.2 Å². The van der Waals surface area contributed by atoms with Gasteiger partial charge in [0.15, 0.2) is 10.9 Å². The lowest BCUT2D eigenvalue weighted by Gasteiger charge is -2.00. The zero-order chi connectivity index (χ0) is 10.4. The minimum atomic E-state index is -0.237. The van der Waals surface area contributed by atoms with Crippen LogP contribution in [-0.2, 0) is 0 Å². The number of thioether (sulfide) groups is 1. The average molecular weight is 215 g/mol. The molecule has 0 bridgehead atoms. The van der Waals surface area contributed by atoms with E-state index in [0.29, 0.717) is 18.7 Å². The first-order valence-corrected chi connectivity index (χ1v) is 5.53. The van der Waals surface area contributed by atoms with Crippen LogP contribution in [0, 0.1) is 0 Å². The summed E-state index contributed by atoms with van der Waals surface area (Å²) in [7, 11) is 0. The first-order valence-electron chi connectivity index (χ1n) is 4.31. The second-order valence-corrected chi connectivity index (χ2v) is 3.47. The van der Waals surface area contributed by atoms with Crippen LogP contribution in [0.1, 0.15) is 17.0 Å². The molecule has 14 heavy (non-hydrogen) atoms. The van der Waals surface area contributed by atoms with Gasteiger partial charge in [0.05, 0.1) is 0 Å². The van der Waals surface area contributed by atoms with Crippen LogP contribution in [0.15, 0.2) is 21.6 Å². The third-order valence-electron chi connectivity index (χ3n) is 1.63. The summed E-state index contributed by atoms with van der Waals surface area (Å²) in [5.74, 6) is 0.0750. The lowest BCUT2D eigenvalue weighted by molar-refractivity contribution is 0.0918. The van der Waals surface area contributed by atoms with Crippen molar-refractivity contribution in [2.75, 3.05) is 19.4 Å². The molecular formula is C9H13NO3S. The minimum Gasteiger partial charge on any atom is -0.445 e. The predicted octanol–water partition coefficient (Wildman–Crippen LogP) is 1.11. The Bertz CT molecular complexity index is 298. The minimum absolute atomic E-state index is 0.0779. The Morgan fingerprint density at radius 1 is 1.64 bits per heavy atom. The predicted molar refractivity (Wildman–Crippen MR) is 54.5 cm³/mol. The maximum absolute atomic E-state index is 11.4. The molecule has 0 saturated carbocycles. The number of aliphatic hydroxyl groups is 1. The van der Waals surface area contributed by atoms with Gasteiger partial charge in [-0.2, -0.15) is 0 Å². The zero-order valence-corrected chi connectivity index (χ0v) is 8.76. The monoisotopic (exact) mass is 215 g/mol. The first kappa shape index (κ1) is 11.1. The number of amides is 1. The topological polar surface area (TPSA) is 62.5 Å². The van der Waals surface area contributed by atoms with Crippen LogP contribution in [0.3, 0.4) is 0 Å². The summed E-state index contributed by atoms with van der Waals surface area (Å²) in [5, 5.41) is 11.9. The SMILES string of the molecule is CSc1ccc(C(=O)NCCCO)o1. The van der Waals surface area contributed by atoms with Crippen LogP contribution < -0.4 is 5.32 Å². The molecular weight excluding hydrogens is 202 g/mol. The molecule has 0 saturated heterocycles. The van der Waals surface area contributed by atoms with E-state index >= 15 is 0 Å². The molecule has 0 atom stereocenters. The molecule has 0 aliphatic carbocycles. The van der Waals surface area contributed by atoms with E-state index in [1.54, 1.807) is 12.1 Å². The van der Waals surface area contributed by atoms with E-state index in [4.69, 9.17) is 9.52 Å². The van der Waals surface area contributed by atoms with Crippen molar-refractivity contribution in [1.29, 1.82) is 0 Å². The van der Waals surface area contributed by atoms with Gasteiger partial charge in [0.25, 0.3) is 5.91 Å². The molecule has 0 spiro atoms. The van der Waals surface area contributed by atoms with Gasteiger partial charge < -0.3 is 14.8 Å². The van der Waals surface area contributed by atoms with Gasteiger partial charge >= 0.3 is 0 Å². The molecule has 0 aliphatic rings. The smallest absolute Gasteiger partial charge is 0.287 e. The summed E-state index contributed by atoms with van der Waals surface area (Å²) in [6.45, 7) is 0.541. The summed E-state index contributed by atoms with van der Waals surface area (Å²) in [6.07, 6.45) is 2.44. The first-order chi connectivity index (χ1) is 6.77. The number of carbonyl (C=O) groups excluding carboxylic acids is 1. The molecule has 5 heteroatoms. The number of carbonyl (C=O) groups is 1. The molecule has 78 valence electrons. The molecule has 0 aromatic carbocycles. The maximum Gasteiger partial charge on any atom is 0.287 e. The number of furan rings is 1. The highest BCUT2D eigenvalue weighted by molar-refractivity contribution is 7.98. The van der Waals surface area contributed by atoms with Crippen molar-refractivity contribution in [2.45, 2.75) is 11.5 Å². The van der Waals surface area contributed by atoms with E-state index in [9.17, 15) is 4.79 Å². The van der Waals surface area contributed by atoms with Crippen LogP contribution in [0.25, 0.3) is 0 Å². The zero-order valence-electron chi connectivity index (χ0n) is 7.95. The van der Waals surface area contributed by atoms with E-state index in [1.165, 1.54) is 11.8 Å². The Hall–Kier alpha value is -0.940. The van der Waals surface area contributed by atoms with Gasteiger partial charge in [-0.3, -0.25) is 4.79 Å². The molecule has 2 N–H and O–H groups in total. The highest BCUT2D eigenvalue weighted by Crippen LogP contribution is 2.17. The van der Waals surface area contributed by atoms with Crippen LogP contribution >= 0.6 is 11.8 Å². The molecule has 1 rings (SSSR count). The fraction of sp³-hybridized carbons (Fsp3) is 0.444. The molecule has 0 radical (unpaired) electrons. The molecule has 0 unspecified atom stereocenters. The van der Waals surface area contributed by atoms with Crippen LogP contribution in [-0.4, -0.2) is 30.4 Å². The van der Waals surface area contributed by atoms with Crippen LogP contribution in [0.5, 0.6) is 0 Å². The van der Waals surface area contributed by atoms with Crippen molar-refractivity contribution >= 4 is 17.7 Å². The number of hydrogen-bond donors (Lipinski definition) is 2. The van der Waals surface area contributed by atoms with E-state index in [1.807, 2.05) is 6.26 Å². The van der Waals surface area contributed by atoms with E-state index in [0.717, 1.165) is 5.09 Å². The third-order valence-corrected chi connectivity index (χ3v) is 2.25. The molecule has 1 heterocycles. The van der Waals surface area contributed by atoms with E-state index in [2.05, 4.69) is 5.32 Å². The maximum atomic E-state index is 11.4. The Morgan fingerprint density at radius 3 is 3.00 bits per heavy atom. The second kappa shape index (κ2) is 5.72. The Labute approximate surface area is 86.7 Å². The number of aliphatic hydroxyl groups excluding tert-OH is 1. The summed E-state index contributed by atoms with van der Waals surface area (Å²) < 4.78 is 5.21. The van der Waals surface area contributed by atoms with Crippen LogP contribution in [0.4, 0.5) is 0 Å². The fourth-order valence-corrected chi connectivity index (χ4v) is 1.30. The largest absolute Gasteiger partial charge is 0.445 e. The Balaban J connectivity index is 2.44. The average Bonchev–Trinajstić information content (AvgIpc) is 2.66. The van der Waals surface area contributed by atoms with Crippen molar-refractivity contribution < 1.29 is 14.3 Å². The molecule has 1 amide bonds. The standard InChI is InChI=1S/C9H13NO3S/c1-14-8-4-3-7(13-8)9(12)10-5-2-6-11/h3-4,11H,2,5-6H2,1H3,(H,10,12). The van der Waals surface area contributed by atoms with Gasteiger partial charge in [-0.05, 0) is 24.8 Å². The number of hydrogen-bond acceptors (Lipinski definition) is 4. The van der Waals surface area contributed by atoms with Crippen molar-refractivity contribution in [1.82, 2.24) is 5.32 Å². The summed E-state index contributed by atoms with van der Waals surface area (Å²) in [6, 6.07) is 3.39. The van der Waals surface area contributed by atoms with Gasteiger partial charge in [-0.1, -0.05) is 11.8 Å². The van der Waals surface area contributed by atoms with Crippen molar-refractivity contribution in [3.63, 3.8) is 0 Å². The lowest BCUT2D eigenvalue weighted by atomic mass is 10.4. The Morgan fingerprint density at radius 2 is 2.43 bits per heavy atom. The van der Waals surface area contributed by atoms with E-state index < -0.39 is 0 Å².